The lowest BCUT2D eigenvalue weighted by Crippen LogP contribution is -2.15. The first-order valence-electron chi connectivity index (χ1n) is 4.03. The van der Waals surface area contributed by atoms with Crippen molar-refractivity contribution in [1.29, 1.82) is 0 Å². The molecule has 0 atom stereocenters. The molecule has 0 radical (unpaired) electrons. The van der Waals surface area contributed by atoms with Crippen LogP contribution in [0.3, 0.4) is 0 Å². The van der Waals surface area contributed by atoms with Crippen LogP contribution in [0.15, 0.2) is 11.1 Å². The quantitative estimate of drug-likeness (QED) is 0.619. The molecule has 1 saturated carbocycles. The second-order valence-corrected chi connectivity index (χ2v) is 3.24. The van der Waals surface area contributed by atoms with Crippen LogP contribution in [0.4, 0.5) is 0 Å². The van der Waals surface area contributed by atoms with Gasteiger partial charge in [0.15, 0.2) is 0 Å². The molecule has 0 amide bonds. The zero-order valence-electron chi connectivity index (χ0n) is 7.05. The Kier molecular flexibility index (Phi) is 2.32. The molecular weight excluding hydrogens is 140 g/mol. The van der Waals surface area contributed by atoms with Gasteiger partial charge in [0.1, 0.15) is 0 Å². The monoisotopic (exact) mass is 154 g/mol. The van der Waals surface area contributed by atoms with E-state index in [4.69, 9.17) is 5.11 Å². The fourth-order valence-corrected chi connectivity index (χ4v) is 1.32. The van der Waals surface area contributed by atoms with E-state index in [0.717, 1.165) is 5.57 Å². The number of hydrogen-bond donors (Lipinski definition) is 1. The third kappa shape index (κ3) is 1.62. The summed E-state index contributed by atoms with van der Waals surface area (Å²) in [7, 11) is 0. The maximum atomic E-state index is 10.5. The molecule has 11 heavy (non-hydrogen) atoms. The van der Waals surface area contributed by atoms with Gasteiger partial charge in [0, 0.05) is 5.57 Å². The lowest BCUT2D eigenvalue weighted by molar-refractivity contribution is -0.132. The number of hydrogen-bond acceptors (Lipinski definition) is 1. The van der Waals surface area contributed by atoms with E-state index in [1.165, 1.54) is 19.3 Å². The number of carbonyl (C=O) groups is 1. The minimum atomic E-state index is -0.769. The number of aliphatic carboxylic acids is 1. The van der Waals surface area contributed by atoms with Crippen LogP contribution in [0.25, 0.3) is 0 Å². The summed E-state index contributed by atoms with van der Waals surface area (Å²) in [6.45, 7) is 3.63. The van der Waals surface area contributed by atoms with E-state index < -0.39 is 5.97 Å². The summed E-state index contributed by atoms with van der Waals surface area (Å²) >= 11 is 0. The van der Waals surface area contributed by atoms with Crippen LogP contribution in [0.5, 0.6) is 0 Å². The van der Waals surface area contributed by atoms with Crippen LogP contribution in [-0.2, 0) is 4.79 Å². The highest BCUT2D eigenvalue weighted by molar-refractivity contribution is 5.86. The Morgan fingerprint density at radius 2 is 1.91 bits per heavy atom. The van der Waals surface area contributed by atoms with Gasteiger partial charge in [-0.2, -0.15) is 0 Å². The lowest BCUT2D eigenvalue weighted by Gasteiger charge is -2.27. The first-order chi connectivity index (χ1) is 5.13. The molecule has 0 saturated heterocycles. The van der Waals surface area contributed by atoms with E-state index in [0.29, 0.717) is 11.5 Å². The van der Waals surface area contributed by atoms with Crippen LogP contribution in [0, 0.1) is 5.92 Å². The highest BCUT2D eigenvalue weighted by atomic mass is 16.4. The molecule has 1 N–H and O–H groups in total. The van der Waals surface area contributed by atoms with Crippen LogP contribution in [0.1, 0.15) is 33.1 Å². The van der Waals surface area contributed by atoms with Gasteiger partial charge in [-0.15, -0.1) is 0 Å². The lowest BCUT2D eigenvalue weighted by atomic mass is 9.79. The van der Waals surface area contributed by atoms with E-state index in [1.54, 1.807) is 6.92 Å². The Morgan fingerprint density at radius 3 is 2.18 bits per heavy atom. The highest BCUT2D eigenvalue weighted by Gasteiger charge is 2.21. The van der Waals surface area contributed by atoms with Crippen molar-refractivity contribution in [2.24, 2.45) is 5.92 Å². The second kappa shape index (κ2) is 3.07. The van der Waals surface area contributed by atoms with E-state index in [-0.39, 0.29) is 0 Å². The Bertz CT molecular complexity index is 200. The molecular formula is C9H14O2. The zero-order chi connectivity index (χ0) is 8.43. The van der Waals surface area contributed by atoms with Gasteiger partial charge < -0.3 is 5.11 Å². The third-order valence-corrected chi connectivity index (χ3v) is 2.63. The van der Waals surface area contributed by atoms with Crippen molar-refractivity contribution in [3.05, 3.63) is 11.1 Å². The number of allylic oxidation sites excluding steroid dienone is 1. The predicted molar refractivity (Wildman–Crippen MR) is 43.4 cm³/mol. The molecule has 1 rings (SSSR count). The first-order valence-corrected chi connectivity index (χ1v) is 4.03. The van der Waals surface area contributed by atoms with Gasteiger partial charge in [-0.25, -0.2) is 4.79 Å². The summed E-state index contributed by atoms with van der Waals surface area (Å²) in [5, 5.41) is 8.66. The average Bonchev–Trinajstić information content (AvgIpc) is 1.82. The van der Waals surface area contributed by atoms with Crippen molar-refractivity contribution in [2.75, 3.05) is 0 Å². The summed E-state index contributed by atoms with van der Waals surface area (Å²) in [6.07, 6.45) is 3.61. The maximum absolute atomic E-state index is 10.5. The molecule has 1 aliphatic carbocycles. The minimum Gasteiger partial charge on any atom is -0.478 e. The van der Waals surface area contributed by atoms with Crippen molar-refractivity contribution in [2.45, 2.75) is 33.1 Å². The van der Waals surface area contributed by atoms with Crippen molar-refractivity contribution in [3.8, 4) is 0 Å². The fraction of sp³-hybridized carbons (Fsp3) is 0.667. The Hall–Kier alpha value is -0.790. The van der Waals surface area contributed by atoms with Gasteiger partial charge in [-0.1, -0.05) is 12.0 Å². The number of rotatable bonds is 2. The topological polar surface area (TPSA) is 37.3 Å². The predicted octanol–water partition coefficient (Wildman–Crippen LogP) is 2.21. The summed E-state index contributed by atoms with van der Waals surface area (Å²) < 4.78 is 0. The highest BCUT2D eigenvalue weighted by Crippen LogP contribution is 2.34. The van der Waals surface area contributed by atoms with E-state index in [9.17, 15) is 4.79 Å². The molecule has 0 spiro atoms. The first kappa shape index (κ1) is 8.31. The van der Waals surface area contributed by atoms with E-state index in [2.05, 4.69) is 0 Å². The van der Waals surface area contributed by atoms with E-state index in [1.807, 2.05) is 6.92 Å². The molecule has 0 bridgehead atoms. The molecule has 0 aromatic rings. The Morgan fingerprint density at radius 1 is 1.36 bits per heavy atom. The molecule has 2 heteroatoms. The molecule has 2 nitrogen and oxygen atoms in total. The van der Waals surface area contributed by atoms with Gasteiger partial charge in [-0.05, 0) is 32.6 Å². The Balaban J connectivity index is 2.68. The molecule has 0 aromatic heterocycles. The fourth-order valence-electron chi connectivity index (χ4n) is 1.32. The number of carboxylic acid groups (broad SMARTS) is 1. The van der Waals surface area contributed by atoms with Gasteiger partial charge >= 0.3 is 5.97 Å². The van der Waals surface area contributed by atoms with Crippen LogP contribution >= 0.6 is 0 Å². The van der Waals surface area contributed by atoms with Crippen LogP contribution in [0.2, 0.25) is 0 Å². The van der Waals surface area contributed by atoms with Crippen molar-refractivity contribution in [3.63, 3.8) is 0 Å². The SMILES string of the molecule is CC(C(=O)O)=C(C)C1CCC1. The Labute approximate surface area is 66.9 Å². The normalized spacial score (nSPS) is 20.5. The van der Waals surface area contributed by atoms with Crippen molar-refractivity contribution < 1.29 is 9.90 Å². The summed E-state index contributed by atoms with van der Waals surface area (Å²) in [6, 6.07) is 0. The summed E-state index contributed by atoms with van der Waals surface area (Å²) in [4.78, 5) is 10.5. The zero-order valence-corrected chi connectivity index (χ0v) is 7.05. The van der Waals surface area contributed by atoms with Crippen LogP contribution in [-0.4, -0.2) is 11.1 Å². The smallest absolute Gasteiger partial charge is 0.331 e. The third-order valence-electron chi connectivity index (χ3n) is 2.63. The molecule has 1 fully saturated rings. The second-order valence-electron chi connectivity index (χ2n) is 3.24. The van der Waals surface area contributed by atoms with Gasteiger partial charge in [0.05, 0.1) is 0 Å². The number of carboxylic acids is 1. The summed E-state index contributed by atoms with van der Waals surface area (Å²) in [5.74, 6) is -0.208. The minimum absolute atomic E-state index is 0.537. The molecule has 0 aromatic carbocycles. The molecule has 0 unspecified atom stereocenters. The molecule has 0 aliphatic heterocycles. The largest absolute Gasteiger partial charge is 0.478 e. The average molecular weight is 154 g/mol. The van der Waals surface area contributed by atoms with Crippen LogP contribution < -0.4 is 0 Å². The van der Waals surface area contributed by atoms with Gasteiger partial charge in [-0.3, -0.25) is 0 Å². The maximum Gasteiger partial charge on any atom is 0.331 e. The molecule has 62 valence electrons. The molecule has 1 aliphatic rings. The standard InChI is InChI=1S/C9H14O2/c1-6(7(2)9(10)11)8-4-3-5-8/h8H,3-5H2,1-2H3,(H,10,11). The van der Waals surface area contributed by atoms with Crippen molar-refractivity contribution >= 4 is 5.97 Å². The molecule has 0 heterocycles. The van der Waals surface area contributed by atoms with E-state index >= 15 is 0 Å². The van der Waals surface area contributed by atoms with Gasteiger partial charge in [0.25, 0.3) is 0 Å². The van der Waals surface area contributed by atoms with Crippen molar-refractivity contribution in [1.82, 2.24) is 0 Å². The summed E-state index contributed by atoms with van der Waals surface area (Å²) in [5.41, 5.74) is 1.61. The van der Waals surface area contributed by atoms with Gasteiger partial charge in [0.2, 0.25) is 0 Å².